The fourth-order valence-corrected chi connectivity index (χ4v) is 4.58. The zero-order valence-electron chi connectivity index (χ0n) is 20.9. The molecule has 0 spiro atoms. The molecule has 0 unspecified atom stereocenters. The number of hydrogen-bond donors (Lipinski definition) is 0. The highest BCUT2D eigenvalue weighted by Crippen LogP contribution is 2.33. The number of aromatic nitrogens is 3. The average Bonchev–Trinajstić information content (AvgIpc) is 3.36. The number of alkyl halides is 3. The number of benzene rings is 2. The molecule has 1 saturated heterocycles. The molecule has 38 heavy (non-hydrogen) atoms. The number of fused-ring (bicyclic) bond motifs is 1. The molecule has 5 rings (SSSR count). The van der Waals surface area contributed by atoms with E-state index < -0.39 is 17.8 Å². The standard InChI is InChI=1S/C27H26F3N5O3/c1-37-20-9-7-18(8-10-20)22-15-24(27(28,29)30)35-25(32-22)21(16-31-35)26(36)34-13-11-33(12-14-34)17-19-5-3-4-6-23(19)38-2/h3-10,15-16H,11-14,17H2,1-2H3. The SMILES string of the molecule is COc1ccc(-c2cc(C(F)(F)F)n3ncc(C(=O)N4CCN(Cc5ccccc5OC)CC4)c3n2)cc1. The third-order valence-corrected chi connectivity index (χ3v) is 6.62. The van der Waals surface area contributed by atoms with Crippen LogP contribution in [0.5, 0.6) is 11.5 Å². The summed E-state index contributed by atoms with van der Waals surface area (Å²) in [5.41, 5.74) is 0.490. The van der Waals surface area contributed by atoms with Crippen molar-refractivity contribution < 1.29 is 27.4 Å². The summed E-state index contributed by atoms with van der Waals surface area (Å²) in [6, 6.07) is 15.2. The first-order valence-electron chi connectivity index (χ1n) is 12.0. The summed E-state index contributed by atoms with van der Waals surface area (Å²) in [6.07, 6.45) is -3.53. The van der Waals surface area contributed by atoms with E-state index in [4.69, 9.17) is 9.47 Å². The number of nitrogens with zero attached hydrogens (tertiary/aromatic N) is 5. The second-order valence-electron chi connectivity index (χ2n) is 8.93. The summed E-state index contributed by atoms with van der Waals surface area (Å²) in [6.45, 7) is 2.75. The number of para-hydroxylation sites is 1. The number of carbonyl (C=O) groups excluding carboxylic acids is 1. The molecule has 0 radical (unpaired) electrons. The van der Waals surface area contributed by atoms with Crippen molar-refractivity contribution in [3.63, 3.8) is 0 Å². The third-order valence-electron chi connectivity index (χ3n) is 6.62. The first kappa shape index (κ1) is 25.5. The maximum atomic E-state index is 14.0. The van der Waals surface area contributed by atoms with Crippen LogP contribution in [-0.4, -0.2) is 70.7 Å². The molecular formula is C27H26F3N5O3. The summed E-state index contributed by atoms with van der Waals surface area (Å²) < 4.78 is 53.1. The van der Waals surface area contributed by atoms with Gasteiger partial charge in [-0.2, -0.15) is 18.3 Å². The Morgan fingerprint density at radius 3 is 2.34 bits per heavy atom. The molecule has 0 N–H and O–H groups in total. The van der Waals surface area contributed by atoms with E-state index in [2.05, 4.69) is 15.0 Å². The van der Waals surface area contributed by atoms with Crippen LogP contribution >= 0.6 is 0 Å². The zero-order valence-corrected chi connectivity index (χ0v) is 20.9. The van der Waals surface area contributed by atoms with Gasteiger partial charge in [-0.25, -0.2) is 9.50 Å². The second kappa shape index (κ2) is 10.3. The molecule has 0 saturated carbocycles. The van der Waals surface area contributed by atoms with Crippen molar-refractivity contribution >= 4 is 11.6 Å². The van der Waals surface area contributed by atoms with Crippen LogP contribution in [0.1, 0.15) is 21.6 Å². The number of hydrogen-bond acceptors (Lipinski definition) is 6. The zero-order chi connectivity index (χ0) is 26.9. The lowest BCUT2D eigenvalue weighted by molar-refractivity contribution is -0.142. The largest absolute Gasteiger partial charge is 0.497 e. The topological polar surface area (TPSA) is 72.2 Å². The Morgan fingerprint density at radius 1 is 0.974 bits per heavy atom. The van der Waals surface area contributed by atoms with Gasteiger partial charge in [0.15, 0.2) is 11.3 Å². The van der Waals surface area contributed by atoms with Crippen LogP contribution in [0, 0.1) is 0 Å². The van der Waals surface area contributed by atoms with E-state index in [0.717, 1.165) is 17.4 Å². The van der Waals surface area contributed by atoms with E-state index in [-0.39, 0.29) is 16.9 Å². The van der Waals surface area contributed by atoms with E-state index in [9.17, 15) is 18.0 Å². The third kappa shape index (κ3) is 5.01. The molecule has 2 aromatic heterocycles. The lowest BCUT2D eigenvalue weighted by atomic mass is 10.1. The molecule has 1 fully saturated rings. The van der Waals surface area contributed by atoms with E-state index >= 15 is 0 Å². The lowest BCUT2D eigenvalue weighted by Crippen LogP contribution is -2.48. The molecule has 198 valence electrons. The summed E-state index contributed by atoms with van der Waals surface area (Å²) in [5.74, 6) is 0.969. The van der Waals surface area contributed by atoms with E-state index in [1.165, 1.54) is 13.3 Å². The fourth-order valence-electron chi connectivity index (χ4n) is 4.58. The van der Waals surface area contributed by atoms with Crippen LogP contribution in [-0.2, 0) is 12.7 Å². The van der Waals surface area contributed by atoms with Crippen LogP contribution in [0.4, 0.5) is 13.2 Å². The van der Waals surface area contributed by atoms with E-state index in [0.29, 0.717) is 48.6 Å². The predicted molar refractivity (Wildman–Crippen MR) is 134 cm³/mol. The first-order chi connectivity index (χ1) is 18.3. The van der Waals surface area contributed by atoms with Crippen LogP contribution in [0.3, 0.4) is 0 Å². The Bertz CT molecular complexity index is 1440. The number of halogens is 3. The summed E-state index contributed by atoms with van der Waals surface area (Å²) in [7, 11) is 3.13. The van der Waals surface area contributed by atoms with Gasteiger partial charge in [-0.15, -0.1) is 0 Å². The van der Waals surface area contributed by atoms with Gasteiger partial charge in [0.2, 0.25) is 0 Å². The van der Waals surface area contributed by atoms with Crippen LogP contribution in [0.2, 0.25) is 0 Å². The van der Waals surface area contributed by atoms with E-state index in [1.807, 2.05) is 24.3 Å². The highest BCUT2D eigenvalue weighted by molar-refractivity contribution is 6.00. The summed E-state index contributed by atoms with van der Waals surface area (Å²) >= 11 is 0. The molecule has 0 aliphatic carbocycles. The smallest absolute Gasteiger partial charge is 0.433 e. The van der Waals surface area contributed by atoms with Crippen molar-refractivity contribution in [1.29, 1.82) is 0 Å². The quantitative estimate of drug-likeness (QED) is 0.372. The molecule has 4 aromatic rings. The minimum atomic E-state index is -4.70. The van der Waals surface area contributed by atoms with Gasteiger partial charge in [-0.1, -0.05) is 18.2 Å². The highest BCUT2D eigenvalue weighted by atomic mass is 19.4. The Morgan fingerprint density at radius 2 is 1.68 bits per heavy atom. The number of carbonyl (C=O) groups is 1. The van der Waals surface area contributed by atoms with Gasteiger partial charge in [0, 0.05) is 43.9 Å². The Kier molecular flexibility index (Phi) is 6.94. The lowest BCUT2D eigenvalue weighted by Gasteiger charge is -2.34. The maximum absolute atomic E-state index is 14.0. The van der Waals surface area contributed by atoms with Gasteiger partial charge in [0.05, 0.1) is 26.1 Å². The number of ether oxygens (including phenoxy) is 2. The minimum Gasteiger partial charge on any atom is -0.497 e. The van der Waals surface area contributed by atoms with Gasteiger partial charge in [0.25, 0.3) is 5.91 Å². The molecule has 1 aliphatic heterocycles. The molecule has 1 amide bonds. The minimum absolute atomic E-state index is 0.0315. The maximum Gasteiger partial charge on any atom is 0.433 e. The van der Waals surface area contributed by atoms with Crippen molar-refractivity contribution in [3.8, 4) is 22.8 Å². The van der Waals surface area contributed by atoms with Crippen LogP contribution in [0.15, 0.2) is 60.8 Å². The molecule has 0 atom stereocenters. The van der Waals surface area contributed by atoms with Gasteiger partial charge < -0.3 is 14.4 Å². The first-order valence-corrected chi connectivity index (χ1v) is 12.0. The molecule has 11 heteroatoms. The molecule has 2 aromatic carbocycles. The Hall–Kier alpha value is -4.12. The number of rotatable bonds is 6. The van der Waals surface area contributed by atoms with Crippen molar-refractivity contribution in [3.05, 3.63) is 77.6 Å². The van der Waals surface area contributed by atoms with Gasteiger partial charge in [-0.3, -0.25) is 9.69 Å². The van der Waals surface area contributed by atoms with E-state index in [1.54, 1.807) is 36.3 Å². The normalized spacial score (nSPS) is 14.6. The summed E-state index contributed by atoms with van der Waals surface area (Å²) in [4.78, 5) is 21.7. The molecular weight excluding hydrogens is 499 g/mol. The van der Waals surface area contributed by atoms with Gasteiger partial charge in [0.1, 0.15) is 17.1 Å². The van der Waals surface area contributed by atoms with Crippen molar-refractivity contribution in [2.24, 2.45) is 0 Å². The molecule has 8 nitrogen and oxygen atoms in total. The van der Waals surface area contributed by atoms with Crippen molar-refractivity contribution in [1.82, 2.24) is 24.4 Å². The highest BCUT2D eigenvalue weighted by Gasteiger charge is 2.36. The van der Waals surface area contributed by atoms with Crippen molar-refractivity contribution in [2.75, 3.05) is 40.4 Å². The van der Waals surface area contributed by atoms with Crippen LogP contribution in [0.25, 0.3) is 16.9 Å². The molecule has 0 bridgehead atoms. The van der Waals surface area contributed by atoms with Gasteiger partial charge in [-0.05, 0) is 36.4 Å². The Balaban J connectivity index is 1.40. The number of piperazine rings is 1. The van der Waals surface area contributed by atoms with Gasteiger partial charge >= 0.3 is 6.18 Å². The number of methoxy groups -OCH3 is 2. The predicted octanol–water partition coefficient (Wildman–Crippen LogP) is 4.39. The van der Waals surface area contributed by atoms with Crippen LogP contribution < -0.4 is 9.47 Å². The Labute approximate surface area is 217 Å². The second-order valence-corrected chi connectivity index (χ2v) is 8.93. The summed E-state index contributed by atoms with van der Waals surface area (Å²) in [5, 5.41) is 3.90. The number of amides is 1. The molecule has 1 aliphatic rings. The monoisotopic (exact) mass is 525 g/mol. The average molecular weight is 526 g/mol. The van der Waals surface area contributed by atoms with Crippen molar-refractivity contribution in [2.45, 2.75) is 12.7 Å². The molecule has 3 heterocycles. The fraction of sp³-hybridized carbons (Fsp3) is 0.296.